The van der Waals surface area contributed by atoms with Gasteiger partial charge in [-0.1, -0.05) is 89.8 Å². The molecule has 53 heavy (non-hydrogen) atoms. The predicted octanol–water partition coefficient (Wildman–Crippen LogP) is 7.68. The Balaban J connectivity index is 1.75. The first-order valence-corrected chi connectivity index (χ1v) is 18.7. The first-order valence-electron chi connectivity index (χ1n) is 17.9. The fourth-order valence-corrected chi connectivity index (χ4v) is 6.24. The van der Waals surface area contributed by atoms with Crippen molar-refractivity contribution in [3.8, 4) is 5.75 Å². The number of amides is 2. The molecule has 0 saturated heterocycles. The van der Waals surface area contributed by atoms with Gasteiger partial charge in [0.15, 0.2) is 5.84 Å². The second-order valence-corrected chi connectivity index (χ2v) is 15.0. The smallest absolute Gasteiger partial charge is 0.326 e. The van der Waals surface area contributed by atoms with Gasteiger partial charge >= 0.3 is 11.9 Å². The van der Waals surface area contributed by atoms with Gasteiger partial charge in [0, 0.05) is 29.5 Å². The van der Waals surface area contributed by atoms with Crippen LogP contribution in [0.2, 0.25) is 0 Å². The first-order chi connectivity index (χ1) is 25.2. The maximum absolute atomic E-state index is 13.4. The van der Waals surface area contributed by atoms with Gasteiger partial charge in [0.1, 0.15) is 17.8 Å². The number of unbranched alkanes of at least 4 members (excludes halogenated alkanes) is 4. The van der Waals surface area contributed by atoms with Gasteiger partial charge in [-0.05, 0) is 72.9 Å². The van der Waals surface area contributed by atoms with Crippen LogP contribution in [0.4, 0.5) is 0 Å². The Morgan fingerprint density at radius 3 is 2.13 bits per heavy atom. The second-order valence-electron chi connectivity index (χ2n) is 13.9. The minimum Gasteiger partial charge on any atom is -0.494 e. The third-order valence-electron chi connectivity index (χ3n) is 8.46. The highest BCUT2D eigenvalue weighted by molar-refractivity contribution is 7.14. The lowest BCUT2D eigenvalue weighted by Crippen LogP contribution is -2.52. The average molecular weight is 745 g/mol. The summed E-state index contributed by atoms with van der Waals surface area (Å²) in [5, 5.41) is 23.8. The molecule has 2 aromatic carbocycles. The van der Waals surface area contributed by atoms with Gasteiger partial charge in [-0.3, -0.25) is 14.4 Å². The molecule has 0 unspecified atom stereocenters. The number of aliphatic carboxylic acids is 2. The molecule has 2 atom stereocenters. The lowest BCUT2D eigenvalue weighted by molar-refractivity contribution is -0.143. The number of aliphatic imine (C=N–C) groups is 2. The van der Waals surface area contributed by atoms with Crippen molar-refractivity contribution in [3.63, 3.8) is 0 Å². The van der Waals surface area contributed by atoms with Gasteiger partial charge in [-0.15, -0.1) is 11.3 Å². The molecule has 0 aliphatic carbocycles. The van der Waals surface area contributed by atoms with Crippen molar-refractivity contribution in [2.45, 2.75) is 103 Å². The van der Waals surface area contributed by atoms with E-state index in [1.807, 2.05) is 58.0 Å². The summed E-state index contributed by atoms with van der Waals surface area (Å²) in [6.45, 7) is 14.6. The lowest BCUT2D eigenvalue weighted by atomic mass is 9.95. The zero-order valence-electron chi connectivity index (χ0n) is 31.3. The Morgan fingerprint density at radius 2 is 1.55 bits per heavy atom. The number of hydrogen-bond acceptors (Lipinski definition) is 7. The Labute approximate surface area is 316 Å². The molecule has 0 saturated carbocycles. The molecule has 4 N–H and O–H groups in total. The molecule has 0 aliphatic rings. The van der Waals surface area contributed by atoms with Crippen LogP contribution in [0.5, 0.6) is 5.75 Å². The highest BCUT2D eigenvalue weighted by Gasteiger charge is 2.28. The molecule has 2 amide bonds. The quantitative estimate of drug-likeness (QED) is 0.0523. The number of allylic oxidation sites excluding steroid dienone is 1. The van der Waals surface area contributed by atoms with E-state index < -0.39 is 42.3 Å². The first kappa shape index (κ1) is 42.3. The van der Waals surface area contributed by atoms with Crippen molar-refractivity contribution in [1.29, 1.82) is 0 Å². The number of hydrogen-bond donors (Lipinski definition) is 4. The predicted molar refractivity (Wildman–Crippen MR) is 211 cm³/mol. The van der Waals surface area contributed by atoms with Crippen molar-refractivity contribution in [2.75, 3.05) is 6.61 Å². The molecule has 0 spiro atoms. The van der Waals surface area contributed by atoms with Gasteiger partial charge in [0.2, 0.25) is 5.91 Å². The van der Waals surface area contributed by atoms with E-state index in [4.69, 9.17) is 9.84 Å². The summed E-state index contributed by atoms with van der Waals surface area (Å²) < 4.78 is 5.88. The Hall–Kier alpha value is -5.10. The highest BCUT2D eigenvalue weighted by Crippen LogP contribution is 2.29. The van der Waals surface area contributed by atoms with Crippen LogP contribution in [0.15, 0.2) is 76.8 Å². The number of thiophene rings is 1. The van der Waals surface area contributed by atoms with Crippen LogP contribution < -0.4 is 15.4 Å². The molecule has 1 heterocycles. The van der Waals surface area contributed by atoms with E-state index >= 15 is 0 Å². The number of nitrogens with one attached hydrogen (secondary N) is 2. The van der Waals surface area contributed by atoms with Crippen molar-refractivity contribution in [1.82, 2.24) is 10.6 Å². The maximum atomic E-state index is 13.4. The van der Waals surface area contributed by atoms with Gasteiger partial charge in [-0.25, -0.2) is 14.8 Å². The molecule has 3 aromatic rings. The molecule has 0 fully saturated rings. The minimum absolute atomic E-state index is 0.0339. The van der Waals surface area contributed by atoms with Gasteiger partial charge < -0.3 is 25.6 Å². The van der Waals surface area contributed by atoms with Crippen LogP contribution in [0.25, 0.3) is 5.57 Å². The van der Waals surface area contributed by atoms with E-state index in [9.17, 15) is 24.3 Å². The molecule has 284 valence electrons. The van der Waals surface area contributed by atoms with Crippen molar-refractivity contribution >= 4 is 53.2 Å². The SMILES string of the molecule is C=N/C(=N\C=C(/C)c1ccc(OCCCCCCC)cc1)c1ccc(C[C@H](NC(=O)c2ccc(C(C)(C)C)s2)C(=O)N[C@@H](CCC(=O)O)C(=O)O)cc1. The number of amidine groups is 1. The van der Waals surface area contributed by atoms with E-state index in [1.54, 1.807) is 36.5 Å². The summed E-state index contributed by atoms with van der Waals surface area (Å²) in [6.07, 6.45) is 6.91. The van der Waals surface area contributed by atoms with Crippen molar-refractivity contribution in [3.05, 3.63) is 93.3 Å². The Kier molecular flexibility index (Phi) is 16.6. The van der Waals surface area contributed by atoms with Gasteiger partial charge in [-0.2, -0.15) is 0 Å². The van der Waals surface area contributed by atoms with E-state index in [-0.39, 0.29) is 18.3 Å². The van der Waals surface area contributed by atoms with Crippen LogP contribution >= 0.6 is 11.3 Å². The lowest BCUT2D eigenvalue weighted by Gasteiger charge is -2.21. The van der Waals surface area contributed by atoms with E-state index in [0.29, 0.717) is 28.4 Å². The zero-order chi connectivity index (χ0) is 39.0. The molecule has 0 aliphatic heterocycles. The largest absolute Gasteiger partial charge is 0.494 e. The Morgan fingerprint density at radius 1 is 0.887 bits per heavy atom. The summed E-state index contributed by atoms with van der Waals surface area (Å²) in [5.41, 5.74) is 3.08. The number of carboxylic acid groups (broad SMARTS) is 2. The molecule has 0 radical (unpaired) electrons. The number of nitrogens with zero attached hydrogens (tertiary/aromatic N) is 2. The summed E-state index contributed by atoms with van der Waals surface area (Å²) in [6, 6.07) is 15.9. The molecule has 1 aromatic heterocycles. The Bertz CT molecular complexity index is 1760. The molecule has 3 rings (SSSR count). The van der Waals surface area contributed by atoms with E-state index in [0.717, 1.165) is 28.2 Å². The fourth-order valence-electron chi connectivity index (χ4n) is 5.27. The fraction of sp³-hybridized carbons (Fsp3) is 0.415. The second kappa shape index (κ2) is 20.8. The van der Waals surface area contributed by atoms with Crippen LogP contribution in [0.1, 0.15) is 111 Å². The number of carbonyl (C=O) groups excluding carboxylic acids is 2. The van der Waals surface area contributed by atoms with Crippen LogP contribution in [0, 0.1) is 0 Å². The zero-order valence-corrected chi connectivity index (χ0v) is 32.1. The van der Waals surface area contributed by atoms with E-state index in [2.05, 4.69) is 34.3 Å². The average Bonchev–Trinajstić information content (AvgIpc) is 3.64. The third kappa shape index (κ3) is 14.1. The number of benzene rings is 2. The summed E-state index contributed by atoms with van der Waals surface area (Å²) in [7, 11) is 0. The summed E-state index contributed by atoms with van der Waals surface area (Å²) in [4.78, 5) is 59.7. The monoisotopic (exact) mass is 744 g/mol. The molecular weight excluding hydrogens is 693 g/mol. The molecular formula is C41H52N4O7S. The van der Waals surface area contributed by atoms with E-state index in [1.165, 1.54) is 37.0 Å². The van der Waals surface area contributed by atoms with Crippen LogP contribution in [0.3, 0.4) is 0 Å². The number of carboxylic acids is 2. The van der Waals surface area contributed by atoms with Crippen molar-refractivity contribution in [2.24, 2.45) is 9.98 Å². The van der Waals surface area contributed by atoms with Crippen molar-refractivity contribution < 1.29 is 34.1 Å². The minimum atomic E-state index is -1.44. The molecule has 12 heteroatoms. The number of rotatable bonds is 20. The normalized spacial score (nSPS) is 13.2. The van der Waals surface area contributed by atoms with Crippen LogP contribution in [-0.4, -0.2) is 65.2 Å². The van der Waals surface area contributed by atoms with Gasteiger partial charge in [0.05, 0.1) is 11.5 Å². The highest BCUT2D eigenvalue weighted by atomic mass is 32.1. The molecule has 11 nitrogen and oxygen atoms in total. The topological polar surface area (TPSA) is 167 Å². The standard InChI is InChI=1S/C41H52N4O7S/c1-7-8-9-10-11-24-52-31-18-16-29(17-19-31)27(2)26-43-37(42-6)30-14-12-28(13-15-30)25-33(38(48)44-32(40(50)51)20-23-36(46)47)45-39(49)34-21-22-35(53-34)41(3,4)5/h12-19,21-22,26,32-33H,6-11,20,23-25H2,1-5H3,(H,44,48)(H,45,49)(H,46,47)(H,50,51)/b27-26+,43-37-/t32-,33-/m0/s1. The van der Waals surface area contributed by atoms with Gasteiger partial charge in [0.25, 0.3) is 5.91 Å². The number of ether oxygens (including phenoxy) is 1. The number of carbonyl (C=O) groups is 4. The maximum Gasteiger partial charge on any atom is 0.326 e. The summed E-state index contributed by atoms with van der Waals surface area (Å²) >= 11 is 1.31. The summed E-state index contributed by atoms with van der Waals surface area (Å²) in [5.74, 6) is -2.57. The van der Waals surface area contributed by atoms with Crippen LogP contribution in [-0.2, 0) is 26.2 Å². The molecule has 0 bridgehead atoms. The third-order valence-corrected chi connectivity index (χ3v) is 9.97.